The summed E-state index contributed by atoms with van der Waals surface area (Å²) in [5.74, 6) is -0.919. The first-order valence-corrected chi connectivity index (χ1v) is 8.86. The molecule has 8 nitrogen and oxygen atoms in total. The van der Waals surface area contributed by atoms with Crippen molar-refractivity contribution in [1.82, 2.24) is 14.8 Å². The van der Waals surface area contributed by atoms with E-state index in [1.54, 1.807) is 6.07 Å². The predicted molar refractivity (Wildman–Crippen MR) is 89.1 cm³/mol. The number of fused-ring (bicyclic) bond motifs is 1. The zero-order chi connectivity index (χ0) is 20.3. The molecule has 2 aliphatic heterocycles. The molecule has 1 aromatic rings. The largest absolute Gasteiger partial charge is 0.489 e. The number of carbonyl (C=O) groups is 2. The Bertz CT molecular complexity index is 735. The van der Waals surface area contributed by atoms with Gasteiger partial charge in [-0.2, -0.15) is 13.2 Å². The van der Waals surface area contributed by atoms with Crippen LogP contribution in [0.1, 0.15) is 25.0 Å². The lowest BCUT2D eigenvalue weighted by Crippen LogP contribution is -2.51. The number of aromatic nitrogens is 1. The van der Waals surface area contributed by atoms with Gasteiger partial charge in [-0.15, -0.1) is 0 Å². The average Bonchev–Trinajstić information content (AvgIpc) is 2.89. The van der Waals surface area contributed by atoms with Gasteiger partial charge < -0.3 is 19.5 Å². The molecule has 3 heterocycles. The van der Waals surface area contributed by atoms with Crippen molar-refractivity contribution in [3.05, 3.63) is 18.0 Å². The molecule has 1 N–H and O–H groups in total. The summed E-state index contributed by atoms with van der Waals surface area (Å²) in [4.78, 5) is 29.1. The molecular weight excluding hydrogens is 383 g/mol. The molecule has 0 radical (unpaired) electrons. The quantitative estimate of drug-likeness (QED) is 0.833. The maximum absolute atomic E-state index is 12.5. The molecule has 1 saturated heterocycles. The zero-order valence-corrected chi connectivity index (χ0v) is 14.9. The molecule has 2 aliphatic rings. The Hall–Kier alpha value is -2.72. The predicted octanol–water partition coefficient (Wildman–Crippen LogP) is 2.28. The highest BCUT2D eigenvalue weighted by atomic mass is 19.4. The van der Waals surface area contributed by atoms with Crippen molar-refractivity contribution in [2.75, 3.05) is 26.3 Å². The van der Waals surface area contributed by atoms with E-state index in [4.69, 9.17) is 9.47 Å². The molecule has 154 valence electrons. The van der Waals surface area contributed by atoms with Gasteiger partial charge in [-0.05, 0) is 12.8 Å². The number of hydrogen-bond donors (Lipinski definition) is 1. The summed E-state index contributed by atoms with van der Waals surface area (Å²) >= 11 is 0. The number of pyridine rings is 1. The smallest absolute Gasteiger partial charge is 0.471 e. The van der Waals surface area contributed by atoms with Crippen LogP contribution in [0.15, 0.2) is 12.3 Å². The standard InChI is InChI=1S/C17H20F3N3O5/c18-17(19,20)15(24)22-4-2-12(3-5-22)23(16(25)26)10-11-8-13-14(9-21-11)28-7-1-6-27-13/h8-9,12H,1-7,10H2,(H,25,26). The molecule has 3 rings (SSSR count). The molecule has 0 spiro atoms. The van der Waals surface area contributed by atoms with Crippen molar-refractivity contribution >= 4 is 12.0 Å². The summed E-state index contributed by atoms with van der Waals surface area (Å²) in [6.07, 6.45) is -3.68. The molecule has 28 heavy (non-hydrogen) atoms. The summed E-state index contributed by atoms with van der Waals surface area (Å²) in [7, 11) is 0. The number of halogens is 3. The Morgan fingerprint density at radius 2 is 1.86 bits per heavy atom. The van der Waals surface area contributed by atoms with Crippen LogP contribution in [0.4, 0.5) is 18.0 Å². The van der Waals surface area contributed by atoms with Gasteiger partial charge in [0.2, 0.25) is 0 Å². The minimum absolute atomic E-state index is 0.0378. The SMILES string of the molecule is O=C(O)N(Cc1cc2c(cn1)OCCCO2)C1CCN(C(=O)C(F)(F)F)CC1. The minimum atomic E-state index is -4.92. The van der Waals surface area contributed by atoms with E-state index in [1.807, 2.05) is 0 Å². The van der Waals surface area contributed by atoms with E-state index >= 15 is 0 Å². The number of hydrogen-bond acceptors (Lipinski definition) is 5. The summed E-state index contributed by atoms with van der Waals surface area (Å²) in [6.45, 7) is 0.641. The van der Waals surface area contributed by atoms with E-state index in [9.17, 15) is 27.9 Å². The molecule has 2 amide bonds. The van der Waals surface area contributed by atoms with E-state index < -0.39 is 24.2 Å². The van der Waals surface area contributed by atoms with E-state index in [2.05, 4.69) is 4.98 Å². The summed E-state index contributed by atoms with van der Waals surface area (Å²) < 4.78 is 48.7. The van der Waals surface area contributed by atoms with Crippen LogP contribution in [0, 0.1) is 0 Å². The van der Waals surface area contributed by atoms with Crippen molar-refractivity contribution < 1.29 is 37.3 Å². The van der Waals surface area contributed by atoms with E-state index in [-0.39, 0.29) is 32.5 Å². The Morgan fingerprint density at radius 3 is 2.46 bits per heavy atom. The van der Waals surface area contributed by atoms with Crippen LogP contribution in [0.25, 0.3) is 0 Å². The van der Waals surface area contributed by atoms with Crippen molar-refractivity contribution in [2.24, 2.45) is 0 Å². The zero-order valence-electron chi connectivity index (χ0n) is 14.9. The summed E-state index contributed by atoms with van der Waals surface area (Å²) in [6, 6.07) is 1.10. The third kappa shape index (κ3) is 4.57. The second-order valence-electron chi connectivity index (χ2n) is 6.60. The van der Waals surface area contributed by atoms with E-state index in [1.165, 1.54) is 6.20 Å². The van der Waals surface area contributed by atoms with Gasteiger partial charge in [0.05, 0.1) is 31.6 Å². The molecule has 0 atom stereocenters. The van der Waals surface area contributed by atoms with Gasteiger partial charge >= 0.3 is 18.2 Å². The lowest BCUT2D eigenvalue weighted by Gasteiger charge is -2.37. The van der Waals surface area contributed by atoms with E-state index in [0.717, 1.165) is 11.3 Å². The van der Waals surface area contributed by atoms with Crippen LogP contribution in [0.3, 0.4) is 0 Å². The molecule has 0 aromatic carbocycles. The van der Waals surface area contributed by atoms with Gasteiger partial charge in [-0.3, -0.25) is 14.7 Å². The van der Waals surface area contributed by atoms with Gasteiger partial charge in [0, 0.05) is 31.6 Å². The van der Waals surface area contributed by atoms with Gasteiger partial charge in [-0.25, -0.2) is 4.79 Å². The van der Waals surface area contributed by atoms with Crippen LogP contribution in [-0.2, 0) is 11.3 Å². The Morgan fingerprint density at radius 1 is 1.21 bits per heavy atom. The lowest BCUT2D eigenvalue weighted by atomic mass is 10.0. The van der Waals surface area contributed by atoms with Gasteiger partial charge in [0.15, 0.2) is 11.5 Å². The number of ether oxygens (including phenoxy) is 2. The molecule has 11 heteroatoms. The topological polar surface area (TPSA) is 92.2 Å². The number of piperidine rings is 1. The van der Waals surface area contributed by atoms with E-state index in [0.29, 0.717) is 35.3 Å². The first kappa shape index (κ1) is 20.0. The number of carbonyl (C=O) groups excluding carboxylic acids is 1. The Labute approximate surface area is 158 Å². The maximum Gasteiger partial charge on any atom is 0.471 e. The molecule has 0 saturated carbocycles. The molecule has 1 fully saturated rings. The molecule has 0 unspecified atom stereocenters. The molecule has 1 aromatic heterocycles. The Balaban J connectivity index is 1.66. The molecule has 0 aliphatic carbocycles. The van der Waals surface area contributed by atoms with Crippen LogP contribution in [0.2, 0.25) is 0 Å². The fraction of sp³-hybridized carbons (Fsp3) is 0.588. The van der Waals surface area contributed by atoms with Gasteiger partial charge in [-0.1, -0.05) is 0 Å². The fourth-order valence-electron chi connectivity index (χ4n) is 3.28. The number of carboxylic acid groups (broad SMARTS) is 1. The van der Waals surface area contributed by atoms with Crippen LogP contribution < -0.4 is 9.47 Å². The maximum atomic E-state index is 12.5. The number of alkyl halides is 3. The summed E-state index contributed by atoms with van der Waals surface area (Å²) in [5.41, 5.74) is 0.445. The normalized spacial score (nSPS) is 17.8. The van der Waals surface area contributed by atoms with Gasteiger partial charge in [0.25, 0.3) is 0 Å². The first-order valence-electron chi connectivity index (χ1n) is 8.86. The van der Waals surface area contributed by atoms with Crippen LogP contribution >= 0.6 is 0 Å². The van der Waals surface area contributed by atoms with Crippen LogP contribution in [0.5, 0.6) is 11.5 Å². The molecular formula is C17H20F3N3O5. The number of rotatable bonds is 3. The van der Waals surface area contributed by atoms with Crippen molar-refractivity contribution in [1.29, 1.82) is 0 Å². The van der Waals surface area contributed by atoms with Gasteiger partial charge in [0.1, 0.15) is 0 Å². The van der Waals surface area contributed by atoms with Crippen molar-refractivity contribution in [2.45, 2.75) is 38.0 Å². The monoisotopic (exact) mass is 403 g/mol. The lowest BCUT2D eigenvalue weighted by molar-refractivity contribution is -0.186. The fourth-order valence-corrected chi connectivity index (χ4v) is 3.28. The Kier molecular flexibility index (Phi) is 5.80. The molecule has 0 bridgehead atoms. The van der Waals surface area contributed by atoms with Crippen molar-refractivity contribution in [3.8, 4) is 11.5 Å². The highest BCUT2D eigenvalue weighted by molar-refractivity contribution is 5.82. The second kappa shape index (κ2) is 8.11. The third-order valence-electron chi connectivity index (χ3n) is 4.70. The highest BCUT2D eigenvalue weighted by Gasteiger charge is 2.44. The second-order valence-corrected chi connectivity index (χ2v) is 6.60. The number of nitrogens with zero attached hydrogens (tertiary/aromatic N) is 3. The number of likely N-dealkylation sites (tertiary alicyclic amines) is 1. The third-order valence-corrected chi connectivity index (χ3v) is 4.70. The first-order chi connectivity index (χ1) is 13.3. The summed E-state index contributed by atoms with van der Waals surface area (Å²) in [5, 5.41) is 9.56. The van der Waals surface area contributed by atoms with Crippen molar-refractivity contribution in [3.63, 3.8) is 0 Å². The highest BCUT2D eigenvalue weighted by Crippen LogP contribution is 2.30. The average molecular weight is 403 g/mol. The number of amides is 2. The minimum Gasteiger partial charge on any atom is -0.489 e. The van der Waals surface area contributed by atoms with Crippen LogP contribution in [-0.4, -0.2) is 70.4 Å².